The number of likely N-dealkylation sites (tertiary alicyclic amines) is 1. The van der Waals surface area contributed by atoms with Gasteiger partial charge in [0.1, 0.15) is 5.75 Å². The molecule has 1 saturated heterocycles. The van der Waals surface area contributed by atoms with Crippen molar-refractivity contribution in [3.8, 4) is 5.75 Å². The molecule has 3 N–H and O–H groups in total. The molecule has 3 amide bonds. The molecule has 7 nitrogen and oxygen atoms in total. The number of nitrogens with one attached hydrogen (secondary N) is 1. The summed E-state index contributed by atoms with van der Waals surface area (Å²) in [5.41, 5.74) is 6.07. The summed E-state index contributed by atoms with van der Waals surface area (Å²) < 4.78 is 6.10. The van der Waals surface area contributed by atoms with E-state index in [1.807, 2.05) is 18.2 Å². The summed E-state index contributed by atoms with van der Waals surface area (Å²) >= 11 is 1.38. The van der Waals surface area contributed by atoms with Gasteiger partial charge in [0.25, 0.3) is 0 Å². The molecule has 1 aliphatic rings. The number of nitrogens with zero attached hydrogens (tertiary/aromatic N) is 2. The van der Waals surface area contributed by atoms with Crippen LogP contribution in [0, 0.1) is 5.92 Å². The van der Waals surface area contributed by atoms with Crippen molar-refractivity contribution in [3.63, 3.8) is 0 Å². The molecule has 116 valence electrons. The number of rotatable bonds is 3. The molecule has 0 aliphatic carbocycles. The van der Waals surface area contributed by atoms with Gasteiger partial charge in [-0.05, 0) is 24.6 Å². The van der Waals surface area contributed by atoms with Gasteiger partial charge in [-0.3, -0.25) is 10.1 Å². The van der Waals surface area contributed by atoms with Crippen molar-refractivity contribution in [2.45, 2.75) is 6.42 Å². The van der Waals surface area contributed by atoms with Gasteiger partial charge in [-0.25, -0.2) is 9.78 Å². The van der Waals surface area contributed by atoms with Gasteiger partial charge >= 0.3 is 6.03 Å². The van der Waals surface area contributed by atoms with E-state index < -0.39 is 0 Å². The molecule has 0 unspecified atom stereocenters. The van der Waals surface area contributed by atoms with E-state index in [1.165, 1.54) is 11.3 Å². The van der Waals surface area contributed by atoms with E-state index in [2.05, 4.69) is 10.3 Å². The van der Waals surface area contributed by atoms with Gasteiger partial charge < -0.3 is 15.4 Å². The van der Waals surface area contributed by atoms with Crippen LogP contribution in [0.15, 0.2) is 18.2 Å². The average molecular weight is 320 g/mol. The second-order valence-electron chi connectivity index (χ2n) is 5.12. The third kappa shape index (κ3) is 2.82. The van der Waals surface area contributed by atoms with Crippen molar-refractivity contribution >= 4 is 38.6 Å². The summed E-state index contributed by atoms with van der Waals surface area (Å²) in [5, 5.41) is 3.30. The Bertz CT molecular complexity index is 730. The van der Waals surface area contributed by atoms with Crippen molar-refractivity contribution in [1.82, 2.24) is 9.88 Å². The maximum atomic E-state index is 12.2. The fraction of sp³-hybridized carbons (Fsp3) is 0.357. The lowest BCUT2D eigenvalue weighted by atomic mass is 10.1. The van der Waals surface area contributed by atoms with Gasteiger partial charge in [0.15, 0.2) is 5.13 Å². The number of primary amides is 1. The predicted octanol–water partition coefficient (Wildman–Crippen LogP) is 1.64. The van der Waals surface area contributed by atoms with Crippen molar-refractivity contribution in [3.05, 3.63) is 18.2 Å². The molecule has 3 rings (SSSR count). The number of benzene rings is 1. The topological polar surface area (TPSA) is 97.6 Å². The second-order valence-corrected chi connectivity index (χ2v) is 6.15. The number of carbonyl (C=O) groups excluding carboxylic acids is 2. The van der Waals surface area contributed by atoms with Crippen molar-refractivity contribution < 1.29 is 14.3 Å². The molecule has 0 radical (unpaired) electrons. The number of nitrogens with two attached hydrogens (primary N) is 1. The number of thiazole rings is 1. The second kappa shape index (κ2) is 5.80. The molecular formula is C14H16N4O3S. The number of carbonyl (C=O) groups is 2. The van der Waals surface area contributed by atoms with E-state index in [0.29, 0.717) is 24.6 Å². The molecule has 1 atom stereocenters. The van der Waals surface area contributed by atoms with Crippen LogP contribution < -0.4 is 15.8 Å². The minimum Gasteiger partial charge on any atom is -0.497 e. The van der Waals surface area contributed by atoms with Crippen LogP contribution >= 0.6 is 11.3 Å². The third-order valence-electron chi connectivity index (χ3n) is 3.69. The zero-order valence-corrected chi connectivity index (χ0v) is 12.9. The number of urea groups is 1. The SMILES string of the molecule is COc1ccc2nc(NC(=O)N3CC[C@@H](C(N)=O)C3)sc2c1. The number of hydrogen-bond acceptors (Lipinski definition) is 5. The summed E-state index contributed by atoms with van der Waals surface area (Å²) in [5.74, 6) is 0.130. The average Bonchev–Trinajstić information content (AvgIpc) is 3.12. The number of anilines is 1. The normalized spacial score (nSPS) is 17.7. The fourth-order valence-corrected chi connectivity index (χ4v) is 3.32. The number of hydrogen-bond donors (Lipinski definition) is 2. The number of aromatic nitrogens is 1. The molecule has 2 aromatic rings. The molecule has 0 spiro atoms. The fourth-order valence-electron chi connectivity index (χ4n) is 2.43. The van der Waals surface area contributed by atoms with Crippen molar-refractivity contribution in [1.29, 1.82) is 0 Å². The van der Waals surface area contributed by atoms with Gasteiger partial charge in [0.2, 0.25) is 5.91 Å². The van der Waals surface area contributed by atoms with E-state index in [-0.39, 0.29) is 17.9 Å². The highest BCUT2D eigenvalue weighted by molar-refractivity contribution is 7.22. The van der Waals surface area contributed by atoms with Gasteiger partial charge in [0, 0.05) is 13.1 Å². The van der Waals surface area contributed by atoms with Crippen LogP contribution in [0.2, 0.25) is 0 Å². The van der Waals surface area contributed by atoms with Gasteiger partial charge in [0.05, 0.1) is 23.2 Å². The van der Waals surface area contributed by atoms with Crippen LogP contribution in [0.25, 0.3) is 10.2 Å². The Balaban J connectivity index is 1.70. The smallest absolute Gasteiger partial charge is 0.323 e. The molecule has 22 heavy (non-hydrogen) atoms. The van der Waals surface area contributed by atoms with Crippen molar-refractivity contribution in [2.75, 3.05) is 25.5 Å². The molecule has 1 aliphatic heterocycles. The molecule has 0 bridgehead atoms. The van der Waals surface area contributed by atoms with Crippen LogP contribution in [0.5, 0.6) is 5.75 Å². The Morgan fingerprint density at radius 1 is 1.50 bits per heavy atom. The molecule has 1 aromatic heterocycles. The molecular weight excluding hydrogens is 304 g/mol. The van der Waals surface area contributed by atoms with E-state index in [9.17, 15) is 9.59 Å². The summed E-state index contributed by atoms with van der Waals surface area (Å²) in [6.07, 6.45) is 0.611. The first-order chi connectivity index (χ1) is 10.6. The van der Waals surface area contributed by atoms with Gasteiger partial charge in [-0.2, -0.15) is 0 Å². The number of ether oxygens (including phenoxy) is 1. The molecule has 1 fully saturated rings. The number of amides is 3. The number of fused-ring (bicyclic) bond motifs is 1. The largest absolute Gasteiger partial charge is 0.497 e. The maximum Gasteiger partial charge on any atom is 0.323 e. The van der Waals surface area contributed by atoms with E-state index >= 15 is 0 Å². The Morgan fingerprint density at radius 2 is 2.32 bits per heavy atom. The zero-order valence-electron chi connectivity index (χ0n) is 12.0. The highest BCUT2D eigenvalue weighted by atomic mass is 32.1. The van der Waals surface area contributed by atoms with E-state index in [1.54, 1.807) is 12.0 Å². The maximum absolute atomic E-state index is 12.2. The first kappa shape index (κ1) is 14.6. The Labute approximate surface area is 131 Å². The van der Waals surface area contributed by atoms with Crippen LogP contribution in [-0.2, 0) is 4.79 Å². The molecule has 0 saturated carbocycles. The lowest BCUT2D eigenvalue weighted by molar-refractivity contribution is -0.121. The Hall–Kier alpha value is -2.35. The van der Waals surface area contributed by atoms with Crippen LogP contribution in [0.1, 0.15) is 6.42 Å². The highest BCUT2D eigenvalue weighted by Gasteiger charge is 2.29. The van der Waals surface area contributed by atoms with Crippen molar-refractivity contribution in [2.24, 2.45) is 11.7 Å². The van der Waals surface area contributed by atoms with Crippen LogP contribution in [-0.4, -0.2) is 42.0 Å². The standard InChI is InChI=1S/C14H16N4O3S/c1-21-9-2-3-10-11(6-9)22-13(16-10)17-14(20)18-5-4-8(7-18)12(15)19/h2-3,6,8H,4-5,7H2,1H3,(H2,15,19)(H,16,17,20)/t8-/m1/s1. The van der Waals surface area contributed by atoms with E-state index in [0.717, 1.165) is 16.0 Å². The predicted molar refractivity (Wildman–Crippen MR) is 84.1 cm³/mol. The highest BCUT2D eigenvalue weighted by Crippen LogP contribution is 2.29. The van der Waals surface area contributed by atoms with Gasteiger partial charge in [-0.15, -0.1) is 0 Å². The summed E-state index contributed by atoms with van der Waals surface area (Å²) in [6, 6.07) is 5.29. The minimum atomic E-state index is -0.359. The zero-order chi connectivity index (χ0) is 15.7. The molecule has 1 aromatic carbocycles. The molecule has 2 heterocycles. The lowest BCUT2D eigenvalue weighted by Gasteiger charge is -2.15. The summed E-state index contributed by atoms with van der Waals surface area (Å²) in [4.78, 5) is 29.3. The quantitative estimate of drug-likeness (QED) is 0.898. The first-order valence-electron chi connectivity index (χ1n) is 6.86. The van der Waals surface area contributed by atoms with Gasteiger partial charge in [-0.1, -0.05) is 11.3 Å². The first-order valence-corrected chi connectivity index (χ1v) is 7.68. The Morgan fingerprint density at radius 3 is 3.00 bits per heavy atom. The lowest BCUT2D eigenvalue weighted by Crippen LogP contribution is -2.34. The summed E-state index contributed by atoms with van der Waals surface area (Å²) in [6.45, 7) is 0.887. The third-order valence-corrected chi connectivity index (χ3v) is 4.62. The molecule has 8 heteroatoms. The monoisotopic (exact) mass is 320 g/mol. The minimum absolute atomic E-state index is 0.255. The van der Waals surface area contributed by atoms with E-state index in [4.69, 9.17) is 10.5 Å². The van der Waals surface area contributed by atoms with Crippen LogP contribution in [0.4, 0.5) is 9.93 Å². The Kier molecular flexibility index (Phi) is 3.84. The summed E-state index contributed by atoms with van der Waals surface area (Å²) in [7, 11) is 1.60. The van der Waals surface area contributed by atoms with Crippen LogP contribution in [0.3, 0.4) is 0 Å². The number of methoxy groups -OCH3 is 1.